The number of amides is 1. The summed E-state index contributed by atoms with van der Waals surface area (Å²) in [6.07, 6.45) is 1.32. The Kier molecular flexibility index (Phi) is 6.29. The number of carbonyl (C=O) groups excluding carboxylic acids is 1. The monoisotopic (exact) mass is 285 g/mol. The van der Waals surface area contributed by atoms with E-state index in [0.29, 0.717) is 23.8 Å². The van der Waals surface area contributed by atoms with Crippen LogP contribution in [0.25, 0.3) is 0 Å². The molecule has 106 valence electrons. The van der Waals surface area contributed by atoms with E-state index in [1.165, 1.54) is 6.07 Å². The molecule has 0 aliphatic rings. The van der Waals surface area contributed by atoms with Crippen molar-refractivity contribution in [3.63, 3.8) is 0 Å². The average Bonchev–Trinajstić information content (AvgIpc) is 2.37. The Hall–Kier alpha value is -1.09. The maximum absolute atomic E-state index is 13.6. The Balaban J connectivity index is 2.40. The molecule has 0 spiro atoms. The number of halogens is 2. The topological polar surface area (TPSA) is 29.1 Å². The first-order valence-corrected chi connectivity index (χ1v) is 6.99. The van der Waals surface area contributed by atoms with Crippen molar-refractivity contribution in [1.29, 1.82) is 0 Å². The second-order valence-corrected chi connectivity index (χ2v) is 5.66. The Labute approximate surface area is 119 Å². The summed E-state index contributed by atoms with van der Waals surface area (Å²) in [7, 11) is 0. The van der Waals surface area contributed by atoms with Crippen LogP contribution in [0.5, 0.6) is 0 Å². The lowest BCUT2D eigenvalue weighted by molar-refractivity contribution is -0.121. The summed E-state index contributed by atoms with van der Waals surface area (Å²) in [5.41, 5.74) is 0.415. The Morgan fingerprint density at radius 3 is 2.68 bits per heavy atom. The minimum absolute atomic E-state index is 0.0492. The third kappa shape index (κ3) is 5.19. The highest BCUT2D eigenvalue weighted by atomic mass is 35.5. The second-order valence-electron chi connectivity index (χ2n) is 5.25. The van der Waals surface area contributed by atoms with Gasteiger partial charge in [-0.15, -0.1) is 0 Å². The molecule has 0 radical (unpaired) electrons. The van der Waals surface area contributed by atoms with E-state index in [2.05, 4.69) is 26.1 Å². The number of hydrogen-bond donors (Lipinski definition) is 1. The van der Waals surface area contributed by atoms with Crippen molar-refractivity contribution in [1.82, 2.24) is 5.32 Å². The predicted molar refractivity (Wildman–Crippen MR) is 76.5 cm³/mol. The van der Waals surface area contributed by atoms with Crippen LogP contribution in [-0.2, 0) is 11.3 Å². The van der Waals surface area contributed by atoms with Gasteiger partial charge in [-0.25, -0.2) is 4.39 Å². The Bertz CT molecular complexity index is 434. The van der Waals surface area contributed by atoms with E-state index >= 15 is 0 Å². The Morgan fingerprint density at radius 1 is 1.37 bits per heavy atom. The largest absolute Gasteiger partial charge is 0.352 e. The lowest BCUT2D eigenvalue weighted by Gasteiger charge is -2.14. The molecule has 1 rings (SSSR count). The van der Waals surface area contributed by atoms with E-state index < -0.39 is 5.82 Å². The standard InChI is InChI=1S/C15H21ClFNO/c1-10(2)11(3)7-8-14(19)18-9-12-5-4-6-13(16)15(12)17/h4-6,10-11H,7-9H2,1-3H3,(H,18,19). The summed E-state index contributed by atoms with van der Waals surface area (Å²) in [5.74, 6) is 0.568. The van der Waals surface area contributed by atoms with Gasteiger partial charge < -0.3 is 5.32 Å². The summed E-state index contributed by atoms with van der Waals surface area (Å²) in [4.78, 5) is 11.7. The van der Waals surface area contributed by atoms with E-state index in [4.69, 9.17) is 11.6 Å². The molecule has 1 N–H and O–H groups in total. The van der Waals surface area contributed by atoms with Crippen molar-refractivity contribution < 1.29 is 9.18 Å². The first kappa shape index (κ1) is 16.0. The van der Waals surface area contributed by atoms with Gasteiger partial charge in [0, 0.05) is 18.5 Å². The van der Waals surface area contributed by atoms with E-state index in [-0.39, 0.29) is 17.5 Å². The van der Waals surface area contributed by atoms with Crippen molar-refractivity contribution in [2.75, 3.05) is 0 Å². The molecule has 1 aromatic carbocycles. The van der Waals surface area contributed by atoms with Gasteiger partial charge in [0.1, 0.15) is 5.82 Å². The molecule has 1 atom stereocenters. The van der Waals surface area contributed by atoms with Gasteiger partial charge >= 0.3 is 0 Å². The molecule has 0 heterocycles. The molecule has 1 aromatic rings. The number of nitrogens with one attached hydrogen (secondary N) is 1. The molecule has 0 bridgehead atoms. The van der Waals surface area contributed by atoms with E-state index in [9.17, 15) is 9.18 Å². The fourth-order valence-corrected chi connectivity index (χ4v) is 1.85. The molecule has 4 heteroatoms. The molecule has 0 aliphatic carbocycles. The molecule has 1 unspecified atom stereocenters. The van der Waals surface area contributed by atoms with Crippen LogP contribution in [0.3, 0.4) is 0 Å². The van der Waals surface area contributed by atoms with Gasteiger partial charge in [0.15, 0.2) is 0 Å². The van der Waals surface area contributed by atoms with Gasteiger partial charge in [-0.2, -0.15) is 0 Å². The highest BCUT2D eigenvalue weighted by Crippen LogP contribution is 2.18. The molecule has 19 heavy (non-hydrogen) atoms. The highest BCUT2D eigenvalue weighted by Gasteiger charge is 2.11. The van der Waals surface area contributed by atoms with E-state index in [1.807, 2.05) is 0 Å². The summed E-state index contributed by atoms with van der Waals surface area (Å²) >= 11 is 5.68. The van der Waals surface area contributed by atoms with Gasteiger partial charge in [-0.1, -0.05) is 44.5 Å². The quantitative estimate of drug-likeness (QED) is 0.835. The summed E-state index contributed by atoms with van der Waals surface area (Å²) in [6.45, 7) is 6.60. The van der Waals surface area contributed by atoms with Crippen LogP contribution in [-0.4, -0.2) is 5.91 Å². The van der Waals surface area contributed by atoms with Gasteiger partial charge in [0.2, 0.25) is 5.91 Å². The summed E-state index contributed by atoms with van der Waals surface area (Å²) in [5, 5.41) is 2.81. The van der Waals surface area contributed by atoms with Crippen LogP contribution in [0.2, 0.25) is 5.02 Å². The minimum atomic E-state index is -0.458. The lowest BCUT2D eigenvalue weighted by atomic mass is 9.93. The van der Waals surface area contributed by atoms with E-state index in [1.54, 1.807) is 12.1 Å². The van der Waals surface area contributed by atoms with Gasteiger partial charge in [0.05, 0.1) is 5.02 Å². The van der Waals surface area contributed by atoms with Crippen molar-refractivity contribution in [2.24, 2.45) is 11.8 Å². The highest BCUT2D eigenvalue weighted by molar-refractivity contribution is 6.30. The first-order valence-electron chi connectivity index (χ1n) is 6.61. The van der Waals surface area contributed by atoms with Crippen LogP contribution >= 0.6 is 11.6 Å². The molecule has 0 aliphatic heterocycles. The van der Waals surface area contributed by atoms with Crippen LogP contribution < -0.4 is 5.32 Å². The number of carbonyl (C=O) groups is 1. The molecule has 0 saturated carbocycles. The number of benzene rings is 1. The normalized spacial score (nSPS) is 12.5. The first-order chi connectivity index (χ1) is 8.91. The summed E-state index contributed by atoms with van der Waals surface area (Å²) in [6, 6.07) is 4.79. The fourth-order valence-electron chi connectivity index (χ4n) is 1.66. The van der Waals surface area contributed by atoms with Crippen molar-refractivity contribution >= 4 is 17.5 Å². The van der Waals surface area contributed by atoms with Crippen molar-refractivity contribution in [3.8, 4) is 0 Å². The fraction of sp³-hybridized carbons (Fsp3) is 0.533. The van der Waals surface area contributed by atoms with Crippen molar-refractivity contribution in [3.05, 3.63) is 34.6 Å². The smallest absolute Gasteiger partial charge is 0.220 e. The maximum atomic E-state index is 13.6. The lowest BCUT2D eigenvalue weighted by Crippen LogP contribution is -2.24. The Morgan fingerprint density at radius 2 is 2.05 bits per heavy atom. The third-order valence-electron chi connectivity index (χ3n) is 3.47. The third-order valence-corrected chi connectivity index (χ3v) is 3.76. The van der Waals surface area contributed by atoms with Crippen LogP contribution in [0.1, 0.15) is 39.2 Å². The predicted octanol–water partition coefficient (Wildman–Crippen LogP) is 4.17. The molecular weight excluding hydrogens is 265 g/mol. The van der Waals surface area contributed by atoms with Gasteiger partial charge in [0.25, 0.3) is 0 Å². The zero-order chi connectivity index (χ0) is 14.4. The van der Waals surface area contributed by atoms with E-state index in [0.717, 1.165) is 6.42 Å². The second kappa shape index (κ2) is 7.49. The van der Waals surface area contributed by atoms with Crippen LogP contribution in [0.15, 0.2) is 18.2 Å². The zero-order valence-electron chi connectivity index (χ0n) is 11.7. The maximum Gasteiger partial charge on any atom is 0.220 e. The zero-order valence-corrected chi connectivity index (χ0v) is 12.4. The molecule has 0 fully saturated rings. The summed E-state index contributed by atoms with van der Waals surface area (Å²) < 4.78 is 13.6. The van der Waals surface area contributed by atoms with Crippen LogP contribution in [0.4, 0.5) is 4.39 Å². The van der Waals surface area contributed by atoms with Gasteiger partial charge in [-0.3, -0.25) is 4.79 Å². The van der Waals surface area contributed by atoms with Crippen molar-refractivity contribution in [2.45, 2.75) is 40.2 Å². The van der Waals surface area contributed by atoms with Crippen LogP contribution in [0, 0.1) is 17.7 Å². The minimum Gasteiger partial charge on any atom is -0.352 e. The van der Waals surface area contributed by atoms with Gasteiger partial charge in [-0.05, 0) is 24.3 Å². The molecule has 0 aromatic heterocycles. The average molecular weight is 286 g/mol. The molecular formula is C15H21ClFNO. The SMILES string of the molecule is CC(C)C(C)CCC(=O)NCc1cccc(Cl)c1F. The molecule has 0 saturated heterocycles. The number of rotatable bonds is 6. The molecule has 1 amide bonds. The number of hydrogen-bond acceptors (Lipinski definition) is 1. The molecule has 2 nitrogen and oxygen atoms in total.